The van der Waals surface area contributed by atoms with Gasteiger partial charge in [0.2, 0.25) is 0 Å². The molecule has 218 valence electrons. The summed E-state index contributed by atoms with van der Waals surface area (Å²) < 4.78 is 0. The molecule has 0 amide bonds. The number of hydrogen-bond donors (Lipinski definition) is 0. The van der Waals surface area contributed by atoms with Gasteiger partial charge in [0.05, 0.1) is 0 Å². The molecule has 0 aliphatic heterocycles. The average Bonchev–Trinajstić information content (AvgIpc) is 3.36. The maximum atomic E-state index is 2.41. The van der Waals surface area contributed by atoms with Gasteiger partial charge in [-0.25, -0.2) is 0 Å². The molecule has 8 aromatic carbocycles. The van der Waals surface area contributed by atoms with Gasteiger partial charge in [0, 0.05) is 22.5 Å². The molecule has 0 unspecified atom stereocenters. The van der Waals surface area contributed by atoms with Gasteiger partial charge in [-0.1, -0.05) is 141 Å². The van der Waals surface area contributed by atoms with Gasteiger partial charge >= 0.3 is 0 Å². The second-order valence-corrected chi connectivity index (χ2v) is 12.9. The highest BCUT2D eigenvalue weighted by Crippen LogP contribution is 2.56. The minimum Gasteiger partial charge on any atom is -0.310 e. The smallest absolute Gasteiger partial charge is 0.0468 e. The molecule has 0 N–H and O–H groups in total. The summed E-state index contributed by atoms with van der Waals surface area (Å²) in [6, 6.07) is 59.8. The quantitative estimate of drug-likeness (QED) is 0.185. The summed E-state index contributed by atoms with van der Waals surface area (Å²) in [4.78, 5) is 2.38. The van der Waals surface area contributed by atoms with Gasteiger partial charge in [0.15, 0.2) is 0 Å². The molecular weight excluding hydrogens is 555 g/mol. The highest BCUT2D eigenvalue weighted by atomic mass is 15.1. The lowest BCUT2D eigenvalue weighted by molar-refractivity contribution is 0.672. The highest BCUT2D eigenvalue weighted by Gasteiger charge is 2.39. The van der Waals surface area contributed by atoms with Gasteiger partial charge < -0.3 is 4.90 Å². The van der Waals surface area contributed by atoms with Crippen molar-refractivity contribution in [3.8, 4) is 22.3 Å². The first-order valence-electron chi connectivity index (χ1n) is 16.1. The number of hydrogen-bond acceptors (Lipinski definition) is 1. The lowest BCUT2D eigenvalue weighted by atomic mass is 9.78. The third-order valence-electron chi connectivity index (χ3n) is 9.94. The zero-order chi connectivity index (χ0) is 30.8. The summed E-state index contributed by atoms with van der Waals surface area (Å²) in [7, 11) is 0. The first-order valence-corrected chi connectivity index (χ1v) is 16.1. The third kappa shape index (κ3) is 3.95. The molecule has 1 heteroatoms. The van der Waals surface area contributed by atoms with E-state index < -0.39 is 0 Å². The Bertz CT molecular complexity index is 2440. The van der Waals surface area contributed by atoms with Crippen LogP contribution in [-0.2, 0) is 5.41 Å². The molecule has 0 aromatic heterocycles. The fourth-order valence-electron chi connectivity index (χ4n) is 8.01. The van der Waals surface area contributed by atoms with Crippen molar-refractivity contribution in [1.29, 1.82) is 0 Å². The van der Waals surface area contributed by atoms with Gasteiger partial charge in [0.1, 0.15) is 0 Å². The molecule has 1 aliphatic rings. The van der Waals surface area contributed by atoms with Crippen molar-refractivity contribution >= 4 is 49.4 Å². The SMILES string of the molecule is CC1(C)c2c(ccc3cc(N(c4ccccc4)c4cccc(-c5ccccc5)c4)ccc23)-c2c1c1ccccc1c1ccccc21. The van der Waals surface area contributed by atoms with Crippen LogP contribution < -0.4 is 4.90 Å². The molecule has 0 saturated carbocycles. The average molecular weight is 588 g/mol. The van der Waals surface area contributed by atoms with Gasteiger partial charge in [-0.15, -0.1) is 0 Å². The van der Waals surface area contributed by atoms with E-state index in [0.29, 0.717) is 0 Å². The summed E-state index contributed by atoms with van der Waals surface area (Å²) >= 11 is 0. The summed E-state index contributed by atoms with van der Waals surface area (Å²) in [5.41, 5.74) is 11.3. The first kappa shape index (κ1) is 26.7. The summed E-state index contributed by atoms with van der Waals surface area (Å²) in [6.45, 7) is 4.83. The van der Waals surface area contributed by atoms with E-state index in [2.05, 4.69) is 183 Å². The summed E-state index contributed by atoms with van der Waals surface area (Å²) in [5.74, 6) is 0. The number of fused-ring (bicyclic) bond motifs is 10. The molecule has 0 bridgehead atoms. The maximum absolute atomic E-state index is 2.41. The topological polar surface area (TPSA) is 3.24 Å². The Morgan fingerprint density at radius 1 is 0.391 bits per heavy atom. The maximum Gasteiger partial charge on any atom is 0.0468 e. The molecule has 0 spiro atoms. The molecule has 0 heterocycles. The van der Waals surface area contributed by atoms with E-state index in [9.17, 15) is 0 Å². The van der Waals surface area contributed by atoms with Gasteiger partial charge in [-0.3, -0.25) is 0 Å². The first-order chi connectivity index (χ1) is 22.6. The van der Waals surface area contributed by atoms with Crippen molar-refractivity contribution in [3.63, 3.8) is 0 Å². The zero-order valence-electron chi connectivity index (χ0n) is 26.0. The lowest BCUT2D eigenvalue weighted by Gasteiger charge is -2.28. The number of benzene rings is 8. The molecule has 1 nitrogen and oxygen atoms in total. The largest absolute Gasteiger partial charge is 0.310 e. The van der Waals surface area contributed by atoms with E-state index in [1.807, 2.05) is 0 Å². The third-order valence-corrected chi connectivity index (χ3v) is 9.94. The van der Waals surface area contributed by atoms with E-state index >= 15 is 0 Å². The Balaban J connectivity index is 1.25. The van der Waals surface area contributed by atoms with Crippen LogP contribution in [0.3, 0.4) is 0 Å². The fourth-order valence-corrected chi connectivity index (χ4v) is 8.01. The summed E-state index contributed by atoms with van der Waals surface area (Å²) in [5, 5.41) is 7.93. The molecule has 0 saturated heterocycles. The molecule has 8 aromatic rings. The summed E-state index contributed by atoms with van der Waals surface area (Å²) in [6.07, 6.45) is 0. The number of rotatable bonds is 4. The predicted octanol–water partition coefficient (Wildman–Crippen LogP) is 12.6. The second kappa shape index (κ2) is 10.2. The van der Waals surface area contributed by atoms with Crippen molar-refractivity contribution in [2.45, 2.75) is 19.3 Å². The van der Waals surface area contributed by atoms with Crippen LogP contribution in [0.2, 0.25) is 0 Å². The van der Waals surface area contributed by atoms with Gasteiger partial charge in [-0.05, 0) is 102 Å². The van der Waals surface area contributed by atoms with Crippen molar-refractivity contribution < 1.29 is 0 Å². The van der Waals surface area contributed by atoms with Crippen LogP contribution in [0, 0.1) is 0 Å². The number of anilines is 3. The Morgan fingerprint density at radius 2 is 0.978 bits per heavy atom. The predicted molar refractivity (Wildman–Crippen MR) is 197 cm³/mol. The molecule has 0 radical (unpaired) electrons. The van der Waals surface area contributed by atoms with Crippen LogP contribution in [0.4, 0.5) is 17.1 Å². The van der Waals surface area contributed by atoms with Crippen LogP contribution >= 0.6 is 0 Å². The molecule has 0 atom stereocenters. The van der Waals surface area contributed by atoms with Crippen LogP contribution in [0.15, 0.2) is 164 Å². The Kier molecular flexibility index (Phi) is 5.92. The minimum atomic E-state index is -0.154. The monoisotopic (exact) mass is 587 g/mol. The van der Waals surface area contributed by atoms with Crippen LogP contribution in [-0.4, -0.2) is 0 Å². The Morgan fingerprint density at radius 3 is 1.74 bits per heavy atom. The zero-order valence-corrected chi connectivity index (χ0v) is 26.0. The van der Waals surface area contributed by atoms with Gasteiger partial charge in [-0.2, -0.15) is 0 Å². The minimum absolute atomic E-state index is 0.154. The van der Waals surface area contributed by atoms with Crippen LogP contribution in [0.5, 0.6) is 0 Å². The van der Waals surface area contributed by atoms with E-state index in [1.54, 1.807) is 0 Å². The Hall–Kier alpha value is -5.66. The second-order valence-electron chi connectivity index (χ2n) is 12.9. The molecule has 9 rings (SSSR count). The standard InChI is InChI=1S/C45H33N/c1-45(2)43-36-27-25-35(46(33-17-7-4-8-18-33)34-19-13-16-31(28-34)30-14-5-3-6-15-30)29-32(36)24-26-41(43)42-39-22-11-9-20-37(39)38-21-10-12-23-40(38)44(42)45/h3-29H,1-2H3. The highest BCUT2D eigenvalue weighted by molar-refractivity contribution is 6.19. The van der Waals surface area contributed by atoms with E-state index in [0.717, 1.165) is 17.1 Å². The molecule has 46 heavy (non-hydrogen) atoms. The molecule has 0 fully saturated rings. The lowest BCUT2D eigenvalue weighted by Crippen LogP contribution is -2.16. The van der Waals surface area contributed by atoms with Crippen molar-refractivity contribution in [1.82, 2.24) is 0 Å². The molecular formula is C45H33N. The number of para-hydroxylation sites is 1. The van der Waals surface area contributed by atoms with E-state index in [4.69, 9.17) is 0 Å². The molecule has 1 aliphatic carbocycles. The van der Waals surface area contributed by atoms with Crippen molar-refractivity contribution in [2.24, 2.45) is 0 Å². The number of nitrogens with zero attached hydrogens (tertiary/aromatic N) is 1. The van der Waals surface area contributed by atoms with Crippen molar-refractivity contribution in [3.05, 3.63) is 175 Å². The van der Waals surface area contributed by atoms with Crippen LogP contribution in [0.25, 0.3) is 54.6 Å². The van der Waals surface area contributed by atoms with E-state index in [-0.39, 0.29) is 5.41 Å². The van der Waals surface area contributed by atoms with Crippen LogP contribution in [0.1, 0.15) is 25.0 Å². The van der Waals surface area contributed by atoms with E-state index in [1.165, 1.54) is 65.7 Å². The van der Waals surface area contributed by atoms with Crippen molar-refractivity contribution in [2.75, 3.05) is 4.90 Å². The Labute approximate surface area is 270 Å². The normalized spacial score (nSPS) is 13.2. The van der Waals surface area contributed by atoms with Gasteiger partial charge in [0.25, 0.3) is 0 Å². The fraction of sp³-hybridized carbons (Fsp3) is 0.0667.